The third kappa shape index (κ3) is 9.24. The van der Waals surface area contributed by atoms with Crippen LogP contribution < -0.4 is 19.1 Å². The normalized spacial score (nSPS) is 12.0. The highest BCUT2D eigenvalue weighted by molar-refractivity contribution is 7.92. The highest BCUT2D eigenvalue weighted by atomic mass is 32.2. The van der Waals surface area contributed by atoms with Crippen molar-refractivity contribution in [2.75, 3.05) is 37.4 Å². The Bertz CT molecular complexity index is 1430. The van der Waals surface area contributed by atoms with E-state index in [1.165, 1.54) is 4.90 Å². The first-order chi connectivity index (χ1) is 20.0. The molecular weight excluding hydrogens is 554 g/mol. The number of sulfonamides is 1. The first-order valence-electron chi connectivity index (χ1n) is 14.0. The molecular formula is C32H41N3O6S. The van der Waals surface area contributed by atoms with Crippen LogP contribution in [0.1, 0.15) is 31.9 Å². The number of hydrogen-bond acceptors (Lipinski definition) is 6. The average Bonchev–Trinajstić information content (AvgIpc) is 2.97. The number of hydrogen-bond donors (Lipinski definition) is 1. The molecule has 0 aliphatic heterocycles. The minimum atomic E-state index is -3.91. The summed E-state index contributed by atoms with van der Waals surface area (Å²) in [6.07, 6.45) is 1.29. The number of amides is 2. The summed E-state index contributed by atoms with van der Waals surface area (Å²) in [5.74, 6) is 0.296. The van der Waals surface area contributed by atoms with Crippen LogP contribution in [0, 0.1) is 5.92 Å². The summed E-state index contributed by atoms with van der Waals surface area (Å²) in [6, 6.07) is 22.5. The number of rotatable bonds is 15. The van der Waals surface area contributed by atoms with Crippen LogP contribution in [0.25, 0.3) is 0 Å². The third-order valence-corrected chi connectivity index (χ3v) is 7.68. The van der Waals surface area contributed by atoms with Crippen molar-refractivity contribution in [2.45, 2.75) is 39.8 Å². The van der Waals surface area contributed by atoms with Crippen molar-refractivity contribution in [2.24, 2.45) is 5.92 Å². The van der Waals surface area contributed by atoms with Crippen molar-refractivity contribution in [3.05, 3.63) is 90.0 Å². The van der Waals surface area contributed by atoms with Gasteiger partial charge in [0, 0.05) is 19.5 Å². The van der Waals surface area contributed by atoms with Crippen molar-refractivity contribution in [1.29, 1.82) is 0 Å². The number of carbonyl (C=O) groups is 2. The maximum absolute atomic E-state index is 14.2. The maximum Gasteiger partial charge on any atom is 0.244 e. The van der Waals surface area contributed by atoms with Crippen LogP contribution in [0.2, 0.25) is 0 Å². The third-order valence-electron chi connectivity index (χ3n) is 6.56. The zero-order chi connectivity index (χ0) is 30.7. The Kier molecular flexibility index (Phi) is 11.8. The van der Waals surface area contributed by atoms with Crippen LogP contribution in [0.3, 0.4) is 0 Å². The largest absolute Gasteiger partial charge is 0.497 e. The SMILES string of the molecule is CCOc1ccccc1N(CC(=O)N(Cc1cccc(OC)c1)[C@@H](Cc1ccccc1)C(=O)NCC(C)C)S(C)(=O)=O. The molecule has 0 spiro atoms. The van der Waals surface area contributed by atoms with Gasteiger partial charge < -0.3 is 19.7 Å². The van der Waals surface area contributed by atoms with E-state index in [0.717, 1.165) is 21.7 Å². The van der Waals surface area contributed by atoms with Gasteiger partial charge >= 0.3 is 0 Å². The number of nitrogens with one attached hydrogen (secondary N) is 1. The quantitative estimate of drug-likeness (QED) is 0.281. The lowest BCUT2D eigenvalue weighted by atomic mass is 10.0. The topological polar surface area (TPSA) is 105 Å². The highest BCUT2D eigenvalue weighted by Gasteiger charge is 2.33. The summed E-state index contributed by atoms with van der Waals surface area (Å²) in [5.41, 5.74) is 1.85. The lowest BCUT2D eigenvalue weighted by molar-refractivity contribution is -0.140. The molecule has 2 amide bonds. The second-order valence-electron chi connectivity index (χ2n) is 10.4. The molecule has 0 saturated heterocycles. The standard InChI is InChI=1S/C32H41N3O6S/c1-6-41-30-18-11-10-17-28(30)35(42(5,38)39)23-31(36)34(22-26-15-12-16-27(19-26)40-4)29(32(37)33-21-24(2)3)20-25-13-8-7-9-14-25/h7-19,24,29H,6,20-23H2,1-5H3,(H,33,37)/t29-/m0/s1. The molecule has 3 aromatic carbocycles. The fourth-order valence-corrected chi connectivity index (χ4v) is 5.33. The summed E-state index contributed by atoms with van der Waals surface area (Å²) < 4.78 is 38.2. The van der Waals surface area contributed by atoms with E-state index >= 15 is 0 Å². The maximum atomic E-state index is 14.2. The van der Waals surface area contributed by atoms with Gasteiger partial charge in [0.1, 0.15) is 24.1 Å². The number of anilines is 1. The van der Waals surface area contributed by atoms with Gasteiger partial charge in [-0.05, 0) is 48.2 Å². The molecule has 0 heterocycles. The van der Waals surface area contributed by atoms with Gasteiger partial charge in [0.15, 0.2) is 0 Å². The molecule has 10 heteroatoms. The Balaban J connectivity index is 2.08. The van der Waals surface area contributed by atoms with Crippen molar-refractivity contribution in [1.82, 2.24) is 10.2 Å². The summed E-state index contributed by atoms with van der Waals surface area (Å²) in [7, 11) is -2.36. The predicted molar refractivity (Wildman–Crippen MR) is 165 cm³/mol. The summed E-state index contributed by atoms with van der Waals surface area (Å²) in [5, 5.41) is 2.98. The molecule has 0 saturated carbocycles. The Morgan fingerprint density at radius 3 is 2.24 bits per heavy atom. The summed E-state index contributed by atoms with van der Waals surface area (Å²) in [4.78, 5) is 29.4. The Morgan fingerprint density at radius 2 is 1.60 bits per heavy atom. The second kappa shape index (κ2) is 15.3. The molecule has 0 bridgehead atoms. The van der Waals surface area contributed by atoms with Crippen LogP contribution in [-0.2, 0) is 32.6 Å². The zero-order valence-electron chi connectivity index (χ0n) is 24.9. The van der Waals surface area contributed by atoms with Gasteiger partial charge in [-0.2, -0.15) is 0 Å². The molecule has 3 aromatic rings. The van der Waals surface area contributed by atoms with Crippen molar-refractivity contribution in [3.63, 3.8) is 0 Å². The van der Waals surface area contributed by atoms with Gasteiger partial charge in [-0.3, -0.25) is 13.9 Å². The lowest BCUT2D eigenvalue weighted by Gasteiger charge is -2.34. The van der Waals surface area contributed by atoms with Gasteiger partial charge in [0.25, 0.3) is 0 Å². The van der Waals surface area contributed by atoms with E-state index in [1.807, 2.05) is 56.3 Å². The van der Waals surface area contributed by atoms with Gasteiger partial charge in [0.05, 0.1) is 25.7 Å². The minimum Gasteiger partial charge on any atom is -0.497 e. The van der Waals surface area contributed by atoms with E-state index in [0.29, 0.717) is 24.7 Å². The minimum absolute atomic E-state index is 0.0628. The van der Waals surface area contributed by atoms with Gasteiger partial charge in [-0.1, -0.05) is 68.4 Å². The van der Waals surface area contributed by atoms with Crippen molar-refractivity contribution >= 4 is 27.5 Å². The molecule has 1 atom stereocenters. The highest BCUT2D eigenvalue weighted by Crippen LogP contribution is 2.30. The van der Waals surface area contributed by atoms with E-state index in [9.17, 15) is 18.0 Å². The second-order valence-corrected chi connectivity index (χ2v) is 12.3. The molecule has 42 heavy (non-hydrogen) atoms. The van der Waals surface area contributed by atoms with Crippen LogP contribution in [0.15, 0.2) is 78.9 Å². The number of nitrogens with zero attached hydrogens (tertiary/aromatic N) is 2. The van der Waals surface area contributed by atoms with Gasteiger partial charge in [0.2, 0.25) is 21.8 Å². The van der Waals surface area contributed by atoms with Crippen molar-refractivity contribution in [3.8, 4) is 11.5 Å². The fourth-order valence-electron chi connectivity index (χ4n) is 4.48. The molecule has 3 rings (SSSR count). The number of benzene rings is 3. The number of para-hydroxylation sites is 2. The molecule has 0 unspecified atom stereocenters. The molecule has 0 aliphatic carbocycles. The molecule has 9 nitrogen and oxygen atoms in total. The van der Waals surface area contributed by atoms with E-state index in [4.69, 9.17) is 9.47 Å². The van der Waals surface area contributed by atoms with E-state index in [1.54, 1.807) is 50.4 Å². The first kappa shape index (κ1) is 32.5. The fraction of sp³-hybridized carbons (Fsp3) is 0.375. The zero-order valence-corrected chi connectivity index (χ0v) is 25.8. The molecule has 0 aliphatic rings. The van der Waals surface area contributed by atoms with Gasteiger partial charge in [-0.15, -0.1) is 0 Å². The van der Waals surface area contributed by atoms with Gasteiger partial charge in [-0.25, -0.2) is 8.42 Å². The molecule has 1 N–H and O–H groups in total. The van der Waals surface area contributed by atoms with Crippen LogP contribution in [0.4, 0.5) is 5.69 Å². The molecule has 0 radical (unpaired) electrons. The molecule has 0 aromatic heterocycles. The van der Waals surface area contributed by atoms with E-state index < -0.39 is 28.5 Å². The monoisotopic (exact) mass is 595 g/mol. The summed E-state index contributed by atoms with van der Waals surface area (Å²) >= 11 is 0. The first-order valence-corrected chi connectivity index (χ1v) is 15.8. The summed E-state index contributed by atoms with van der Waals surface area (Å²) in [6.45, 7) is 6.08. The lowest BCUT2D eigenvalue weighted by Crippen LogP contribution is -2.53. The van der Waals surface area contributed by atoms with E-state index in [-0.39, 0.29) is 30.5 Å². The Labute approximate surface area is 249 Å². The number of ether oxygens (including phenoxy) is 2. The van der Waals surface area contributed by atoms with Crippen LogP contribution in [-0.4, -0.2) is 64.2 Å². The van der Waals surface area contributed by atoms with Crippen LogP contribution in [0.5, 0.6) is 11.5 Å². The van der Waals surface area contributed by atoms with E-state index in [2.05, 4.69) is 5.32 Å². The number of methoxy groups -OCH3 is 1. The molecule has 0 fully saturated rings. The Hall–Kier alpha value is -4.05. The predicted octanol–water partition coefficient (Wildman–Crippen LogP) is 4.27. The average molecular weight is 596 g/mol. The molecule has 226 valence electrons. The van der Waals surface area contributed by atoms with Crippen LogP contribution >= 0.6 is 0 Å². The number of carbonyl (C=O) groups excluding carboxylic acids is 2. The Morgan fingerprint density at radius 1 is 0.929 bits per heavy atom. The smallest absolute Gasteiger partial charge is 0.244 e. The van der Waals surface area contributed by atoms with Crippen molar-refractivity contribution < 1.29 is 27.5 Å².